The van der Waals surface area contributed by atoms with Gasteiger partial charge in [0.1, 0.15) is 6.04 Å². The molecule has 152 valence electrons. The van der Waals surface area contributed by atoms with E-state index in [4.69, 9.17) is 11.6 Å². The van der Waals surface area contributed by atoms with Gasteiger partial charge in [-0.1, -0.05) is 29.3 Å². The zero-order valence-electron chi connectivity index (χ0n) is 15.5. The van der Waals surface area contributed by atoms with E-state index in [9.17, 15) is 13.2 Å². The molecular formula is C19H18ClN3O3S3. The largest absolute Gasteiger partial charge is 0.301 e. The molecule has 29 heavy (non-hydrogen) atoms. The highest BCUT2D eigenvalue weighted by Gasteiger charge is 2.39. The Morgan fingerprint density at radius 1 is 1.24 bits per heavy atom. The van der Waals surface area contributed by atoms with Gasteiger partial charge in [0.2, 0.25) is 15.9 Å². The molecule has 1 N–H and O–H groups in total. The van der Waals surface area contributed by atoms with E-state index >= 15 is 0 Å². The van der Waals surface area contributed by atoms with Crippen molar-refractivity contribution in [2.75, 3.05) is 11.9 Å². The number of halogens is 1. The van der Waals surface area contributed by atoms with Crippen LogP contribution in [-0.2, 0) is 14.8 Å². The monoisotopic (exact) mass is 467 g/mol. The highest BCUT2D eigenvalue weighted by molar-refractivity contribution is 7.89. The predicted octanol–water partition coefficient (Wildman–Crippen LogP) is 4.63. The van der Waals surface area contributed by atoms with Gasteiger partial charge in [0.25, 0.3) is 0 Å². The van der Waals surface area contributed by atoms with E-state index in [1.807, 2.05) is 18.4 Å². The molecule has 1 unspecified atom stereocenters. The van der Waals surface area contributed by atoms with Crippen molar-refractivity contribution < 1.29 is 13.2 Å². The second-order valence-corrected chi connectivity index (χ2v) is 11.2. The first kappa shape index (κ1) is 20.5. The average Bonchev–Trinajstić information content (AvgIpc) is 3.42. The van der Waals surface area contributed by atoms with E-state index in [0.717, 1.165) is 16.1 Å². The fourth-order valence-electron chi connectivity index (χ4n) is 3.22. The molecule has 4 rings (SSSR count). The summed E-state index contributed by atoms with van der Waals surface area (Å²) in [6.45, 7) is 2.22. The van der Waals surface area contributed by atoms with Gasteiger partial charge in [-0.15, -0.1) is 22.7 Å². The topological polar surface area (TPSA) is 79.4 Å². The Labute approximate surface area is 182 Å². The third-order valence-electron chi connectivity index (χ3n) is 4.69. The minimum atomic E-state index is -3.73. The first-order valence-electron chi connectivity index (χ1n) is 8.95. The van der Waals surface area contributed by atoms with Crippen LogP contribution in [0.2, 0.25) is 4.34 Å². The molecule has 0 radical (unpaired) electrons. The lowest BCUT2D eigenvalue weighted by Crippen LogP contribution is -2.43. The van der Waals surface area contributed by atoms with Gasteiger partial charge in [-0.3, -0.25) is 4.79 Å². The number of hydrogen-bond acceptors (Lipinski definition) is 6. The number of amides is 1. The highest BCUT2D eigenvalue weighted by Crippen LogP contribution is 2.33. The molecule has 1 fully saturated rings. The summed E-state index contributed by atoms with van der Waals surface area (Å²) in [6.07, 6.45) is 1.12. The SMILES string of the molecule is Cc1ccc(S(=O)(=O)N2CCCC2C(=O)Nc2nc(-c3ccc(Cl)s3)cs2)cc1. The van der Waals surface area contributed by atoms with Gasteiger partial charge in [-0.2, -0.15) is 4.31 Å². The number of rotatable bonds is 5. The lowest BCUT2D eigenvalue weighted by Gasteiger charge is -2.23. The lowest BCUT2D eigenvalue weighted by atomic mass is 10.2. The predicted molar refractivity (Wildman–Crippen MR) is 117 cm³/mol. The number of aromatic nitrogens is 1. The minimum absolute atomic E-state index is 0.203. The molecule has 0 saturated carbocycles. The van der Waals surface area contributed by atoms with Crippen LogP contribution in [0.4, 0.5) is 5.13 Å². The van der Waals surface area contributed by atoms with Gasteiger partial charge >= 0.3 is 0 Å². The number of nitrogens with zero attached hydrogens (tertiary/aromatic N) is 2. The van der Waals surface area contributed by atoms with Crippen molar-refractivity contribution in [3.05, 3.63) is 51.7 Å². The molecule has 10 heteroatoms. The van der Waals surface area contributed by atoms with E-state index in [2.05, 4.69) is 10.3 Å². The summed E-state index contributed by atoms with van der Waals surface area (Å²) in [5.41, 5.74) is 1.71. The molecule has 1 atom stereocenters. The molecule has 0 aliphatic carbocycles. The zero-order chi connectivity index (χ0) is 20.6. The Morgan fingerprint density at radius 3 is 2.69 bits per heavy atom. The van der Waals surface area contributed by atoms with E-state index in [1.54, 1.807) is 30.3 Å². The van der Waals surface area contributed by atoms with Crippen LogP contribution < -0.4 is 5.32 Å². The van der Waals surface area contributed by atoms with Gasteiger partial charge in [0.15, 0.2) is 5.13 Å². The van der Waals surface area contributed by atoms with Crippen molar-refractivity contribution in [3.8, 4) is 10.6 Å². The van der Waals surface area contributed by atoms with Crippen molar-refractivity contribution in [2.24, 2.45) is 0 Å². The Bertz CT molecular complexity index is 1140. The van der Waals surface area contributed by atoms with Crippen LogP contribution in [0.5, 0.6) is 0 Å². The molecule has 1 saturated heterocycles. The molecule has 1 amide bonds. The number of thiazole rings is 1. The van der Waals surface area contributed by atoms with Gasteiger partial charge in [-0.05, 0) is 44.0 Å². The summed E-state index contributed by atoms with van der Waals surface area (Å²) in [4.78, 5) is 18.4. The number of aryl methyl sites for hydroxylation is 1. The molecule has 1 aliphatic heterocycles. The summed E-state index contributed by atoms with van der Waals surface area (Å²) in [5.74, 6) is -0.358. The molecule has 6 nitrogen and oxygen atoms in total. The summed E-state index contributed by atoms with van der Waals surface area (Å²) < 4.78 is 28.0. The maximum absolute atomic E-state index is 13.0. The number of anilines is 1. The van der Waals surface area contributed by atoms with E-state index < -0.39 is 16.1 Å². The Morgan fingerprint density at radius 2 is 2.00 bits per heavy atom. The summed E-state index contributed by atoms with van der Waals surface area (Å²) >= 11 is 8.68. The fourth-order valence-corrected chi connectivity index (χ4v) is 6.67. The highest BCUT2D eigenvalue weighted by atomic mass is 35.5. The van der Waals surface area contributed by atoms with E-state index in [0.29, 0.717) is 28.9 Å². The second kappa shape index (κ2) is 8.16. The van der Waals surface area contributed by atoms with E-state index in [1.165, 1.54) is 27.0 Å². The number of sulfonamides is 1. The summed E-state index contributed by atoms with van der Waals surface area (Å²) in [7, 11) is -3.73. The lowest BCUT2D eigenvalue weighted by molar-refractivity contribution is -0.119. The Hall–Kier alpha value is -1.78. The Kier molecular flexibility index (Phi) is 5.76. The number of nitrogens with one attached hydrogen (secondary N) is 1. The maximum Gasteiger partial charge on any atom is 0.244 e. The van der Waals surface area contributed by atoms with Gasteiger partial charge in [0, 0.05) is 11.9 Å². The molecular weight excluding hydrogens is 450 g/mol. The smallest absolute Gasteiger partial charge is 0.244 e. The third-order valence-corrected chi connectivity index (χ3v) is 8.63. The van der Waals surface area contributed by atoms with E-state index in [-0.39, 0.29) is 10.8 Å². The quantitative estimate of drug-likeness (QED) is 0.593. The van der Waals surface area contributed by atoms with Gasteiger partial charge < -0.3 is 5.32 Å². The fraction of sp³-hybridized carbons (Fsp3) is 0.263. The number of thiophene rings is 1. The summed E-state index contributed by atoms with van der Waals surface area (Å²) in [5, 5.41) is 5.06. The number of carbonyl (C=O) groups excluding carboxylic acids is 1. The normalized spacial score (nSPS) is 17.5. The standard InChI is InChI=1S/C19H18ClN3O3S3/c1-12-4-6-13(7-5-12)29(25,26)23-10-2-3-15(23)18(24)22-19-21-14(11-27-19)16-8-9-17(20)28-16/h4-9,11,15H,2-3,10H2,1H3,(H,21,22,24). The minimum Gasteiger partial charge on any atom is -0.301 e. The van der Waals surface area contributed by atoms with Crippen molar-refractivity contribution in [2.45, 2.75) is 30.7 Å². The number of benzene rings is 1. The van der Waals surface area contributed by atoms with Crippen molar-refractivity contribution >= 4 is 55.3 Å². The second-order valence-electron chi connectivity index (χ2n) is 6.72. The zero-order valence-corrected chi connectivity index (χ0v) is 18.7. The van der Waals surface area contributed by atoms with Crippen LogP contribution in [0.3, 0.4) is 0 Å². The average molecular weight is 468 g/mol. The van der Waals surface area contributed by atoms with Crippen LogP contribution in [0.15, 0.2) is 46.7 Å². The van der Waals surface area contributed by atoms with Crippen LogP contribution >= 0.6 is 34.3 Å². The van der Waals surface area contributed by atoms with Crippen molar-refractivity contribution in [3.63, 3.8) is 0 Å². The molecule has 0 spiro atoms. The van der Waals surface area contributed by atoms with Crippen molar-refractivity contribution in [1.29, 1.82) is 0 Å². The summed E-state index contributed by atoms with van der Waals surface area (Å²) in [6, 6.07) is 9.60. The van der Waals surface area contributed by atoms with Gasteiger partial charge in [0.05, 0.1) is 19.8 Å². The molecule has 3 aromatic rings. The molecule has 1 aromatic carbocycles. The molecule has 2 aromatic heterocycles. The number of carbonyl (C=O) groups is 1. The van der Waals surface area contributed by atoms with Crippen LogP contribution in [0.1, 0.15) is 18.4 Å². The molecule has 1 aliphatic rings. The molecule has 0 bridgehead atoms. The first-order chi connectivity index (χ1) is 13.8. The molecule has 3 heterocycles. The van der Waals surface area contributed by atoms with Crippen LogP contribution in [0, 0.1) is 6.92 Å². The Balaban J connectivity index is 1.51. The maximum atomic E-state index is 13.0. The van der Waals surface area contributed by atoms with Crippen LogP contribution in [-0.4, -0.2) is 36.2 Å². The number of hydrogen-bond donors (Lipinski definition) is 1. The van der Waals surface area contributed by atoms with Crippen molar-refractivity contribution in [1.82, 2.24) is 9.29 Å². The third kappa shape index (κ3) is 4.24. The van der Waals surface area contributed by atoms with Gasteiger partial charge in [-0.25, -0.2) is 13.4 Å². The first-order valence-corrected chi connectivity index (χ1v) is 12.5. The van der Waals surface area contributed by atoms with Crippen LogP contribution in [0.25, 0.3) is 10.6 Å².